The minimum absolute atomic E-state index is 0.697. The van der Waals surface area contributed by atoms with Gasteiger partial charge in [-0.05, 0) is 25.3 Å². The van der Waals surface area contributed by atoms with Crippen molar-refractivity contribution in [2.75, 3.05) is 19.8 Å². The molecule has 1 aromatic rings. The molecular formula is C11H20N4O. The summed E-state index contributed by atoms with van der Waals surface area (Å²) in [5.74, 6) is 1.58. The molecule has 1 N–H and O–H groups in total. The van der Waals surface area contributed by atoms with Crippen LogP contribution in [-0.2, 0) is 17.8 Å². The number of nitrogens with one attached hydrogen (secondary N) is 1. The highest BCUT2D eigenvalue weighted by molar-refractivity contribution is 4.81. The van der Waals surface area contributed by atoms with Gasteiger partial charge in [0, 0.05) is 19.8 Å². The third-order valence-electron chi connectivity index (χ3n) is 2.90. The summed E-state index contributed by atoms with van der Waals surface area (Å²) in [6, 6.07) is 0. The molecule has 2 heterocycles. The van der Waals surface area contributed by atoms with Crippen LogP contribution in [-0.4, -0.2) is 34.5 Å². The van der Waals surface area contributed by atoms with Crippen molar-refractivity contribution >= 4 is 0 Å². The SMILES string of the molecule is CCNCc1ncn(CC2CCOCC2)n1. The van der Waals surface area contributed by atoms with Crippen LogP contribution in [0.2, 0.25) is 0 Å². The van der Waals surface area contributed by atoms with Gasteiger partial charge in [0.15, 0.2) is 5.82 Å². The highest BCUT2D eigenvalue weighted by Gasteiger charge is 2.14. The molecule has 1 saturated heterocycles. The summed E-state index contributed by atoms with van der Waals surface area (Å²) >= 11 is 0. The van der Waals surface area contributed by atoms with Gasteiger partial charge in [0.1, 0.15) is 6.33 Å². The third kappa shape index (κ3) is 3.28. The zero-order valence-corrected chi connectivity index (χ0v) is 9.85. The van der Waals surface area contributed by atoms with E-state index in [-0.39, 0.29) is 0 Å². The molecule has 0 aromatic carbocycles. The Morgan fingerprint density at radius 3 is 3.06 bits per heavy atom. The Labute approximate surface area is 96.2 Å². The van der Waals surface area contributed by atoms with E-state index < -0.39 is 0 Å². The van der Waals surface area contributed by atoms with Gasteiger partial charge in [-0.3, -0.25) is 4.68 Å². The predicted octanol–water partition coefficient (Wildman–Crippen LogP) is 0.814. The van der Waals surface area contributed by atoms with Gasteiger partial charge in [0.2, 0.25) is 0 Å². The van der Waals surface area contributed by atoms with Gasteiger partial charge < -0.3 is 10.1 Å². The number of ether oxygens (including phenoxy) is 1. The minimum atomic E-state index is 0.697. The zero-order valence-electron chi connectivity index (χ0n) is 9.85. The zero-order chi connectivity index (χ0) is 11.2. The summed E-state index contributed by atoms with van der Waals surface area (Å²) in [6.45, 7) is 6.56. The lowest BCUT2D eigenvalue weighted by molar-refractivity contribution is 0.0601. The van der Waals surface area contributed by atoms with E-state index in [9.17, 15) is 0 Å². The average molecular weight is 224 g/mol. The second kappa shape index (κ2) is 5.96. The fraction of sp³-hybridized carbons (Fsp3) is 0.818. The summed E-state index contributed by atoms with van der Waals surface area (Å²) < 4.78 is 7.30. The number of nitrogens with zero attached hydrogens (tertiary/aromatic N) is 3. The fourth-order valence-corrected chi connectivity index (χ4v) is 1.93. The van der Waals surface area contributed by atoms with E-state index in [1.165, 1.54) is 0 Å². The van der Waals surface area contributed by atoms with Crippen LogP contribution in [0.3, 0.4) is 0 Å². The third-order valence-corrected chi connectivity index (χ3v) is 2.90. The van der Waals surface area contributed by atoms with E-state index in [0.717, 1.165) is 51.5 Å². The van der Waals surface area contributed by atoms with Gasteiger partial charge in [-0.2, -0.15) is 5.10 Å². The Hall–Kier alpha value is -0.940. The van der Waals surface area contributed by atoms with Crippen molar-refractivity contribution in [1.82, 2.24) is 20.1 Å². The molecule has 2 rings (SSSR count). The van der Waals surface area contributed by atoms with Crippen LogP contribution < -0.4 is 5.32 Å². The molecule has 0 spiro atoms. The Kier molecular flexibility index (Phi) is 4.30. The molecule has 90 valence electrons. The normalized spacial score (nSPS) is 17.8. The van der Waals surface area contributed by atoms with Crippen molar-refractivity contribution in [2.24, 2.45) is 5.92 Å². The first-order valence-electron chi connectivity index (χ1n) is 6.05. The van der Waals surface area contributed by atoms with Crippen molar-refractivity contribution in [3.05, 3.63) is 12.2 Å². The molecule has 0 amide bonds. The number of rotatable bonds is 5. The summed E-state index contributed by atoms with van der Waals surface area (Å²) in [4.78, 5) is 4.28. The molecule has 1 aliphatic rings. The topological polar surface area (TPSA) is 52.0 Å². The quantitative estimate of drug-likeness (QED) is 0.804. The van der Waals surface area contributed by atoms with Crippen LogP contribution in [0.15, 0.2) is 6.33 Å². The maximum Gasteiger partial charge on any atom is 0.164 e. The van der Waals surface area contributed by atoms with Crippen LogP contribution in [0.1, 0.15) is 25.6 Å². The van der Waals surface area contributed by atoms with Gasteiger partial charge in [-0.25, -0.2) is 4.98 Å². The monoisotopic (exact) mass is 224 g/mol. The molecule has 0 atom stereocenters. The summed E-state index contributed by atoms with van der Waals surface area (Å²) in [5, 5.41) is 7.67. The molecule has 0 aliphatic carbocycles. The summed E-state index contributed by atoms with van der Waals surface area (Å²) in [7, 11) is 0. The lowest BCUT2D eigenvalue weighted by Gasteiger charge is -2.21. The standard InChI is InChI=1S/C11H20N4O/c1-2-12-7-11-13-9-15(14-11)8-10-3-5-16-6-4-10/h9-10,12H,2-8H2,1H3. The van der Waals surface area contributed by atoms with Crippen LogP contribution >= 0.6 is 0 Å². The van der Waals surface area contributed by atoms with Gasteiger partial charge in [0.25, 0.3) is 0 Å². The summed E-state index contributed by atoms with van der Waals surface area (Å²) in [6.07, 6.45) is 4.12. The van der Waals surface area contributed by atoms with Gasteiger partial charge in [-0.15, -0.1) is 0 Å². The minimum Gasteiger partial charge on any atom is -0.381 e. The van der Waals surface area contributed by atoms with Crippen LogP contribution in [0, 0.1) is 5.92 Å². The molecule has 0 radical (unpaired) electrons. The number of hydrogen-bond acceptors (Lipinski definition) is 4. The molecule has 5 nitrogen and oxygen atoms in total. The lowest BCUT2D eigenvalue weighted by atomic mass is 10.0. The number of aromatic nitrogens is 3. The van der Waals surface area contributed by atoms with E-state index in [1.807, 2.05) is 11.0 Å². The van der Waals surface area contributed by atoms with Gasteiger partial charge in [0.05, 0.1) is 6.54 Å². The van der Waals surface area contributed by atoms with Crippen LogP contribution in [0.5, 0.6) is 0 Å². The Morgan fingerprint density at radius 2 is 2.31 bits per heavy atom. The summed E-state index contributed by atoms with van der Waals surface area (Å²) in [5.41, 5.74) is 0. The molecule has 1 aliphatic heterocycles. The molecule has 0 bridgehead atoms. The van der Waals surface area contributed by atoms with Crippen LogP contribution in [0.25, 0.3) is 0 Å². The van der Waals surface area contributed by atoms with Gasteiger partial charge in [-0.1, -0.05) is 6.92 Å². The molecule has 0 saturated carbocycles. The molecule has 5 heteroatoms. The first-order chi connectivity index (χ1) is 7.88. The molecule has 16 heavy (non-hydrogen) atoms. The maximum atomic E-state index is 5.34. The first kappa shape index (κ1) is 11.5. The average Bonchev–Trinajstić information content (AvgIpc) is 2.75. The number of hydrogen-bond donors (Lipinski definition) is 1. The Balaban J connectivity index is 1.81. The van der Waals surface area contributed by atoms with E-state index in [0.29, 0.717) is 5.92 Å². The highest BCUT2D eigenvalue weighted by Crippen LogP contribution is 2.16. The van der Waals surface area contributed by atoms with Crippen LogP contribution in [0.4, 0.5) is 0 Å². The van der Waals surface area contributed by atoms with Crippen molar-refractivity contribution in [1.29, 1.82) is 0 Å². The predicted molar refractivity (Wildman–Crippen MR) is 60.9 cm³/mol. The van der Waals surface area contributed by atoms with Crippen molar-refractivity contribution in [3.8, 4) is 0 Å². The van der Waals surface area contributed by atoms with Crippen molar-refractivity contribution in [2.45, 2.75) is 32.9 Å². The van der Waals surface area contributed by atoms with E-state index >= 15 is 0 Å². The largest absolute Gasteiger partial charge is 0.381 e. The first-order valence-corrected chi connectivity index (χ1v) is 6.05. The molecule has 1 fully saturated rings. The van der Waals surface area contributed by atoms with Gasteiger partial charge >= 0.3 is 0 Å². The smallest absolute Gasteiger partial charge is 0.164 e. The lowest BCUT2D eigenvalue weighted by Crippen LogP contribution is -2.21. The Morgan fingerprint density at radius 1 is 1.50 bits per heavy atom. The Bertz CT molecular complexity index is 307. The molecule has 1 aromatic heterocycles. The highest BCUT2D eigenvalue weighted by atomic mass is 16.5. The van der Waals surface area contributed by atoms with E-state index in [1.54, 1.807) is 0 Å². The van der Waals surface area contributed by atoms with E-state index in [4.69, 9.17) is 4.74 Å². The van der Waals surface area contributed by atoms with Crippen molar-refractivity contribution < 1.29 is 4.74 Å². The molecular weight excluding hydrogens is 204 g/mol. The maximum absolute atomic E-state index is 5.34. The second-order valence-electron chi connectivity index (χ2n) is 4.22. The fourth-order valence-electron chi connectivity index (χ4n) is 1.93. The molecule has 0 unspecified atom stereocenters. The second-order valence-corrected chi connectivity index (χ2v) is 4.22. The van der Waals surface area contributed by atoms with Crippen molar-refractivity contribution in [3.63, 3.8) is 0 Å². The van der Waals surface area contributed by atoms with E-state index in [2.05, 4.69) is 22.3 Å².